The van der Waals surface area contributed by atoms with E-state index in [0.717, 1.165) is 0 Å². The SMILES string of the molecule is O=S(=O)(Nc1cc(-n2ccnc2)ncn1)c1cc(Cl)ccc1Cl. The van der Waals surface area contributed by atoms with Gasteiger partial charge in [-0.2, -0.15) is 0 Å². The lowest BCUT2D eigenvalue weighted by Crippen LogP contribution is -2.15. The fourth-order valence-corrected chi connectivity index (χ4v) is 3.58. The molecule has 0 aliphatic heterocycles. The van der Waals surface area contributed by atoms with Crippen molar-refractivity contribution in [3.63, 3.8) is 0 Å². The lowest BCUT2D eigenvalue weighted by atomic mass is 10.4. The summed E-state index contributed by atoms with van der Waals surface area (Å²) in [7, 11) is -3.93. The van der Waals surface area contributed by atoms with Crippen LogP contribution in [0, 0.1) is 0 Å². The summed E-state index contributed by atoms with van der Waals surface area (Å²) in [5.74, 6) is 0.562. The van der Waals surface area contributed by atoms with E-state index in [1.165, 1.54) is 36.9 Å². The van der Waals surface area contributed by atoms with Crippen LogP contribution in [0.5, 0.6) is 0 Å². The lowest BCUT2D eigenvalue weighted by molar-refractivity contribution is 0.601. The van der Waals surface area contributed by atoms with Crippen molar-refractivity contribution in [3.8, 4) is 5.82 Å². The fourth-order valence-electron chi connectivity index (χ4n) is 1.81. The van der Waals surface area contributed by atoms with Crippen molar-refractivity contribution in [1.29, 1.82) is 0 Å². The van der Waals surface area contributed by atoms with Crippen molar-refractivity contribution in [2.24, 2.45) is 0 Å². The van der Waals surface area contributed by atoms with Gasteiger partial charge in [-0.3, -0.25) is 9.29 Å². The van der Waals surface area contributed by atoms with Crippen LogP contribution in [-0.4, -0.2) is 27.9 Å². The highest BCUT2D eigenvalue weighted by atomic mass is 35.5. The third-order valence-electron chi connectivity index (χ3n) is 2.84. The summed E-state index contributed by atoms with van der Waals surface area (Å²) in [5.41, 5.74) is 0. The second-order valence-corrected chi connectivity index (χ2v) is 6.91. The van der Waals surface area contributed by atoms with E-state index < -0.39 is 10.0 Å². The number of anilines is 1. The van der Waals surface area contributed by atoms with Crippen molar-refractivity contribution in [1.82, 2.24) is 19.5 Å². The molecular formula is C13H9Cl2N5O2S. The van der Waals surface area contributed by atoms with Crippen LogP contribution in [0.2, 0.25) is 10.0 Å². The van der Waals surface area contributed by atoms with Gasteiger partial charge in [-0.1, -0.05) is 23.2 Å². The summed E-state index contributed by atoms with van der Waals surface area (Å²) in [5, 5.41) is 0.322. The molecule has 0 spiro atoms. The monoisotopic (exact) mass is 369 g/mol. The minimum absolute atomic E-state index is 0.0609. The van der Waals surface area contributed by atoms with Crippen LogP contribution in [-0.2, 0) is 10.0 Å². The van der Waals surface area contributed by atoms with E-state index in [4.69, 9.17) is 23.2 Å². The molecule has 0 atom stereocenters. The van der Waals surface area contributed by atoms with E-state index in [1.807, 2.05) is 0 Å². The van der Waals surface area contributed by atoms with Crippen LogP contribution in [0.4, 0.5) is 5.82 Å². The van der Waals surface area contributed by atoms with E-state index in [1.54, 1.807) is 17.0 Å². The largest absolute Gasteiger partial charge is 0.290 e. The highest BCUT2D eigenvalue weighted by Gasteiger charge is 2.19. The minimum atomic E-state index is -3.93. The van der Waals surface area contributed by atoms with Gasteiger partial charge in [0.05, 0.1) is 5.02 Å². The zero-order chi connectivity index (χ0) is 16.4. The molecule has 0 aliphatic rings. The van der Waals surface area contributed by atoms with Crippen LogP contribution in [0.25, 0.3) is 5.82 Å². The predicted octanol–water partition coefficient (Wildman–Crippen LogP) is 2.77. The number of halogens is 2. The van der Waals surface area contributed by atoms with Gasteiger partial charge in [0.1, 0.15) is 29.2 Å². The molecule has 3 rings (SSSR count). The van der Waals surface area contributed by atoms with E-state index >= 15 is 0 Å². The minimum Gasteiger partial charge on any atom is -0.290 e. The maximum Gasteiger partial charge on any atom is 0.264 e. The maximum atomic E-state index is 12.4. The Kier molecular flexibility index (Phi) is 4.20. The molecule has 0 unspecified atom stereocenters. The molecule has 0 fully saturated rings. The molecule has 10 heteroatoms. The number of rotatable bonds is 4. The third-order valence-corrected chi connectivity index (χ3v) is 4.91. The number of aromatic nitrogens is 4. The number of benzene rings is 1. The third kappa shape index (κ3) is 3.44. The predicted molar refractivity (Wildman–Crippen MR) is 86.4 cm³/mol. The molecule has 118 valence electrons. The van der Waals surface area contributed by atoms with Gasteiger partial charge in [-0.25, -0.2) is 23.4 Å². The van der Waals surface area contributed by atoms with Crippen LogP contribution in [0.3, 0.4) is 0 Å². The molecule has 0 radical (unpaired) electrons. The molecule has 0 saturated carbocycles. The van der Waals surface area contributed by atoms with Crippen molar-refractivity contribution >= 4 is 39.0 Å². The van der Waals surface area contributed by atoms with Gasteiger partial charge in [0, 0.05) is 23.5 Å². The number of hydrogen-bond acceptors (Lipinski definition) is 5. The fraction of sp³-hybridized carbons (Fsp3) is 0. The first-order chi connectivity index (χ1) is 11.0. The van der Waals surface area contributed by atoms with Crippen LogP contribution >= 0.6 is 23.2 Å². The Balaban J connectivity index is 1.95. The molecule has 0 amide bonds. The summed E-state index contributed by atoms with van der Waals surface area (Å²) in [6.45, 7) is 0. The summed E-state index contributed by atoms with van der Waals surface area (Å²) >= 11 is 11.8. The molecule has 7 nitrogen and oxygen atoms in total. The standard InChI is InChI=1S/C13H9Cl2N5O2S/c14-9-1-2-10(15)11(5-9)23(21,22)19-12-6-13(18-7-17-12)20-4-3-16-8-20/h1-8H,(H,17,18,19). The molecule has 1 N–H and O–H groups in total. The first-order valence-corrected chi connectivity index (χ1v) is 8.48. The molecule has 3 aromatic rings. The molecule has 0 aliphatic carbocycles. The van der Waals surface area contributed by atoms with Crippen LogP contribution < -0.4 is 4.72 Å². The number of nitrogens with zero attached hydrogens (tertiary/aromatic N) is 4. The van der Waals surface area contributed by atoms with Gasteiger partial charge in [0.2, 0.25) is 0 Å². The number of hydrogen-bond donors (Lipinski definition) is 1. The normalized spacial score (nSPS) is 11.4. The topological polar surface area (TPSA) is 89.8 Å². The molecule has 23 heavy (non-hydrogen) atoms. The van der Waals surface area contributed by atoms with E-state index in [0.29, 0.717) is 5.82 Å². The Bertz CT molecular complexity index is 945. The van der Waals surface area contributed by atoms with Crippen LogP contribution in [0.1, 0.15) is 0 Å². The Morgan fingerprint density at radius 1 is 1.13 bits per heavy atom. The molecular weight excluding hydrogens is 361 g/mol. The highest BCUT2D eigenvalue weighted by molar-refractivity contribution is 7.92. The quantitative estimate of drug-likeness (QED) is 0.763. The Morgan fingerprint density at radius 3 is 2.70 bits per heavy atom. The first kappa shape index (κ1) is 15.7. The van der Waals surface area contributed by atoms with Crippen molar-refractivity contribution < 1.29 is 8.42 Å². The number of imidazole rings is 1. The van der Waals surface area contributed by atoms with Crippen molar-refractivity contribution in [2.45, 2.75) is 4.90 Å². The Morgan fingerprint density at radius 2 is 1.96 bits per heavy atom. The van der Waals surface area contributed by atoms with E-state index in [9.17, 15) is 8.42 Å². The Hall–Kier alpha value is -2.16. The zero-order valence-electron chi connectivity index (χ0n) is 11.4. The summed E-state index contributed by atoms with van der Waals surface area (Å²) in [6, 6.07) is 5.65. The van der Waals surface area contributed by atoms with Gasteiger partial charge < -0.3 is 0 Å². The Labute approximate surface area is 142 Å². The molecule has 2 heterocycles. The highest BCUT2D eigenvalue weighted by Crippen LogP contribution is 2.26. The lowest BCUT2D eigenvalue weighted by Gasteiger charge is -2.10. The first-order valence-electron chi connectivity index (χ1n) is 6.24. The smallest absolute Gasteiger partial charge is 0.264 e. The average Bonchev–Trinajstić information content (AvgIpc) is 3.04. The second-order valence-electron chi connectivity index (χ2n) is 4.41. The van der Waals surface area contributed by atoms with Gasteiger partial charge in [0.15, 0.2) is 0 Å². The van der Waals surface area contributed by atoms with Crippen molar-refractivity contribution in [3.05, 3.63) is 59.4 Å². The average molecular weight is 370 g/mol. The molecule has 2 aromatic heterocycles. The van der Waals surface area contributed by atoms with E-state index in [2.05, 4.69) is 19.7 Å². The molecule has 0 saturated heterocycles. The maximum absolute atomic E-state index is 12.4. The summed E-state index contributed by atoms with van der Waals surface area (Å²) in [6.07, 6.45) is 6.04. The van der Waals surface area contributed by atoms with Gasteiger partial charge in [0.25, 0.3) is 10.0 Å². The second kappa shape index (κ2) is 6.15. The van der Waals surface area contributed by atoms with Crippen LogP contribution in [0.15, 0.2) is 54.2 Å². The van der Waals surface area contributed by atoms with Crippen molar-refractivity contribution in [2.75, 3.05) is 4.72 Å². The molecule has 1 aromatic carbocycles. The zero-order valence-corrected chi connectivity index (χ0v) is 13.7. The van der Waals surface area contributed by atoms with Gasteiger partial charge in [-0.05, 0) is 18.2 Å². The van der Waals surface area contributed by atoms with E-state index in [-0.39, 0.29) is 20.8 Å². The van der Waals surface area contributed by atoms with Gasteiger partial charge >= 0.3 is 0 Å². The number of nitrogens with one attached hydrogen (secondary N) is 1. The summed E-state index contributed by atoms with van der Waals surface area (Å²) < 4.78 is 28.8. The molecule has 0 bridgehead atoms. The number of sulfonamides is 1. The summed E-state index contributed by atoms with van der Waals surface area (Å²) in [4.78, 5) is 11.7. The van der Waals surface area contributed by atoms with Gasteiger partial charge in [-0.15, -0.1) is 0 Å².